The molecular weight excluding hydrogens is 451 g/mol. The number of hydrogen-bond acceptors (Lipinski definition) is 3. The smallest absolute Gasteiger partial charge is 0.191 e. The van der Waals surface area contributed by atoms with Gasteiger partial charge in [-0.15, -0.1) is 24.0 Å². The molecule has 0 radical (unpaired) electrons. The number of ether oxygens (including phenoxy) is 1. The van der Waals surface area contributed by atoms with E-state index in [1.165, 1.54) is 31.2 Å². The van der Waals surface area contributed by atoms with Crippen LogP contribution < -0.4 is 10.6 Å². The van der Waals surface area contributed by atoms with Crippen molar-refractivity contribution in [3.63, 3.8) is 0 Å². The molecule has 1 aromatic rings. The van der Waals surface area contributed by atoms with Gasteiger partial charge < -0.3 is 15.4 Å². The number of halogens is 1. The van der Waals surface area contributed by atoms with E-state index in [1.807, 2.05) is 13.1 Å². The minimum atomic E-state index is 0. The maximum atomic E-state index is 6.00. The molecule has 0 bridgehead atoms. The second-order valence-electron chi connectivity index (χ2n) is 7.07. The van der Waals surface area contributed by atoms with Gasteiger partial charge in [0, 0.05) is 38.1 Å². The van der Waals surface area contributed by atoms with Crippen LogP contribution in [0.3, 0.4) is 0 Å². The zero-order chi connectivity index (χ0) is 18.6. The fourth-order valence-electron chi connectivity index (χ4n) is 3.62. The van der Waals surface area contributed by atoms with Crippen molar-refractivity contribution in [2.24, 2.45) is 10.9 Å². The van der Waals surface area contributed by atoms with Crippen LogP contribution in [-0.4, -0.2) is 43.3 Å². The number of aryl methyl sites for hydroxylation is 1. The Kier molecular flexibility index (Phi) is 12.7. The van der Waals surface area contributed by atoms with Crippen LogP contribution in [0, 0.1) is 12.8 Å². The number of nitrogens with one attached hydrogen (secondary N) is 2. The predicted octanol–water partition coefficient (Wildman–Crippen LogP) is 4.09. The standard InChI is InChI=1S/C21H36N4O.HI/c1-4-22-21(23-14-12-18-11-10-17(3)25-16-18)24-15-13-20(26-5-2)19-8-6-7-9-19;/h10-11,16,19-20H,4-9,12-15H2,1-3H3,(H2,22,23,24);1H. The van der Waals surface area contributed by atoms with Crippen LogP contribution in [0.2, 0.25) is 0 Å². The summed E-state index contributed by atoms with van der Waals surface area (Å²) in [4.78, 5) is 9.10. The van der Waals surface area contributed by atoms with Crippen LogP contribution >= 0.6 is 24.0 Å². The highest BCUT2D eigenvalue weighted by Crippen LogP contribution is 2.30. The third kappa shape index (κ3) is 9.23. The summed E-state index contributed by atoms with van der Waals surface area (Å²) in [6.45, 7) is 9.54. The van der Waals surface area contributed by atoms with Gasteiger partial charge in [-0.2, -0.15) is 0 Å². The lowest BCUT2D eigenvalue weighted by atomic mass is 9.98. The number of hydrogen-bond donors (Lipinski definition) is 2. The van der Waals surface area contributed by atoms with Crippen molar-refractivity contribution in [3.8, 4) is 0 Å². The number of rotatable bonds is 10. The van der Waals surface area contributed by atoms with E-state index in [4.69, 9.17) is 9.73 Å². The summed E-state index contributed by atoms with van der Waals surface area (Å²) < 4.78 is 6.00. The normalized spacial score (nSPS) is 16.0. The van der Waals surface area contributed by atoms with Crippen molar-refractivity contribution in [1.82, 2.24) is 15.6 Å². The number of guanidine groups is 1. The Morgan fingerprint density at radius 3 is 2.67 bits per heavy atom. The summed E-state index contributed by atoms with van der Waals surface area (Å²) in [5.41, 5.74) is 2.30. The molecule has 0 aromatic carbocycles. The maximum Gasteiger partial charge on any atom is 0.191 e. The summed E-state index contributed by atoms with van der Waals surface area (Å²) in [6.07, 6.45) is 9.63. The molecule has 0 amide bonds. The summed E-state index contributed by atoms with van der Waals surface area (Å²) in [6, 6.07) is 4.20. The monoisotopic (exact) mass is 488 g/mol. The van der Waals surface area contributed by atoms with E-state index in [1.54, 1.807) is 0 Å². The number of aliphatic imine (C=N–C) groups is 1. The minimum absolute atomic E-state index is 0. The molecule has 154 valence electrons. The first-order valence-electron chi connectivity index (χ1n) is 10.3. The Hall–Kier alpha value is -0.890. The third-order valence-corrected chi connectivity index (χ3v) is 5.01. The molecule has 2 rings (SSSR count). The van der Waals surface area contributed by atoms with E-state index in [-0.39, 0.29) is 24.0 Å². The Bertz CT molecular complexity index is 529. The lowest BCUT2D eigenvalue weighted by Gasteiger charge is -2.22. The molecule has 1 atom stereocenters. The molecule has 1 saturated carbocycles. The van der Waals surface area contributed by atoms with Gasteiger partial charge >= 0.3 is 0 Å². The average Bonchev–Trinajstić information content (AvgIpc) is 3.17. The summed E-state index contributed by atoms with van der Waals surface area (Å²) in [5.74, 6) is 1.63. The maximum absolute atomic E-state index is 6.00. The van der Waals surface area contributed by atoms with Gasteiger partial charge in [0.25, 0.3) is 0 Å². The molecule has 6 heteroatoms. The topological polar surface area (TPSA) is 58.5 Å². The zero-order valence-electron chi connectivity index (χ0n) is 17.2. The fraction of sp³-hybridized carbons (Fsp3) is 0.714. The zero-order valence-corrected chi connectivity index (χ0v) is 19.5. The third-order valence-electron chi connectivity index (χ3n) is 5.01. The van der Waals surface area contributed by atoms with Crippen LogP contribution in [0.4, 0.5) is 0 Å². The van der Waals surface area contributed by atoms with Crippen LogP contribution in [0.25, 0.3) is 0 Å². The Balaban J connectivity index is 0.00000364. The quantitative estimate of drug-likeness (QED) is 0.296. The Morgan fingerprint density at radius 2 is 2.04 bits per heavy atom. The first-order valence-corrected chi connectivity index (χ1v) is 10.3. The van der Waals surface area contributed by atoms with Gasteiger partial charge in [0.1, 0.15) is 0 Å². The van der Waals surface area contributed by atoms with Crippen molar-refractivity contribution in [2.75, 3.05) is 26.2 Å². The highest BCUT2D eigenvalue weighted by atomic mass is 127. The van der Waals surface area contributed by atoms with Crippen molar-refractivity contribution in [3.05, 3.63) is 29.6 Å². The van der Waals surface area contributed by atoms with Crippen molar-refractivity contribution in [2.45, 2.75) is 65.4 Å². The van der Waals surface area contributed by atoms with E-state index in [0.29, 0.717) is 6.10 Å². The lowest BCUT2D eigenvalue weighted by molar-refractivity contribution is 0.0177. The molecule has 1 heterocycles. The largest absolute Gasteiger partial charge is 0.378 e. The van der Waals surface area contributed by atoms with Crippen molar-refractivity contribution < 1.29 is 4.74 Å². The average molecular weight is 488 g/mol. The van der Waals surface area contributed by atoms with E-state index < -0.39 is 0 Å². The van der Waals surface area contributed by atoms with Gasteiger partial charge in [-0.25, -0.2) is 0 Å². The van der Waals surface area contributed by atoms with Crippen molar-refractivity contribution >= 4 is 29.9 Å². The Morgan fingerprint density at radius 1 is 1.26 bits per heavy atom. The summed E-state index contributed by atoms with van der Waals surface area (Å²) in [5, 5.41) is 6.77. The molecule has 27 heavy (non-hydrogen) atoms. The van der Waals surface area contributed by atoms with E-state index >= 15 is 0 Å². The molecule has 2 N–H and O–H groups in total. The van der Waals surface area contributed by atoms with Crippen LogP contribution in [-0.2, 0) is 11.2 Å². The predicted molar refractivity (Wildman–Crippen MR) is 124 cm³/mol. The number of pyridine rings is 1. The molecule has 1 unspecified atom stereocenters. The second kappa shape index (κ2) is 14.2. The lowest BCUT2D eigenvalue weighted by Crippen LogP contribution is -2.38. The molecular formula is C21H37IN4O. The van der Waals surface area contributed by atoms with Gasteiger partial charge in [0.05, 0.1) is 6.10 Å². The molecule has 1 aliphatic carbocycles. The summed E-state index contributed by atoms with van der Waals surface area (Å²) >= 11 is 0. The van der Waals surface area contributed by atoms with E-state index in [0.717, 1.165) is 56.7 Å². The molecule has 1 aromatic heterocycles. The van der Waals surface area contributed by atoms with Gasteiger partial charge in [0.2, 0.25) is 0 Å². The van der Waals surface area contributed by atoms with Gasteiger partial charge in [0.15, 0.2) is 5.96 Å². The first-order chi connectivity index (χ1) is 12.7. The Labute approximate surface area is 182 Å². The van der Waals surface area contributed by atoms with Crippen molar-refractivity contribution in [1.29, 1.82) is 0 Å². The number of aromatic nitrogens is 1. The SMILES string of the molecule is CCNC(=NCCC(OCC)C1CCCC1)NCCc1ccc(C)nc1.I. The van der Waals surface area contributed by atoms with Gasteiger partial charge in [-0.1, -0.05) is 18.9 Å². The molecule has 1 aliphatic rings. The first kappa shape index (κ1) is 24.1. The fourth-order valence-corrected chi connectivity index (χ4v) is 3.62. The van der Waals surface area contributed by atoms with Gasteiger partial charge in [-0.3, -0.25) is 9.98 Å². The molecule has 0 spiro atoms. The molecule has 5 nitrogen and oxygen atoms in total. The molecule has 1 fully saturated rings. The molecule has 0 saturated heterocycles. The van der Waals surface area contributed by atoms with Crippen LogP contribution in [0.15, 0.2) is 23.3 Å². The van der Waals surface area contributed by atoms with Crippen LogP contribution in [0.1, 0.15) is 57.2 Å². The highest BCUT2D eigenvalue weighted by Gasteiger charge is 2.24. The van der Waals surface area contributed by atoms with E-state index in [2.05, 4.69) is 41.6 Å². The number of nitrogens with zero attached hydrogens (tertiary/aromatic N) is 2. The van der Waals surface area contributed by atoms with Crippen LogP contribution in [0.5, 0.6) is 0 Å². The summed E-state index contributed by atoms with van der Waals surface area (Å²) in [7, 11) is 0. The second-order valence-corrected chi connectivity index (χ2v) is 7.07. The minimum Gasteiger partial charge on any atom is -0.378 e. The molecule has 0 aliphatic heterocycles. The van der Waals surface area contributed by atoms with E-state index in [9.17, 15) is 0 Å². The van der Waals surface area contributed by atoms with Gasteiger partial charge in [-0.05, 0) is 64.0 Å². The highest BCUT2D eigenvalue weighted by molar-refractivity contribution is 14.0.